The molecule has 0 bridgehead atoms. The molecule has 0 aliphatic heterocycles. The Kier molecular flexibility index (Phi) is 25.2. The molecule has 0 amide bonds. The van der Waals surface area contributed by atoms with Crippen molar-refractivity contribution in [3.05, 3.63) is 11.1 Å². The van der Waals surface area contributed by atoms with Crippen molar-refractivity contribution in [2.24, 2.45) is 0 Å². The van der Waals surface area contributed by atoms with Gasteiger partial charge in [0.25, 0.3) is 0 Å². The minimum absolute atomic E-state index is 1.35. The highest BCUT2D eigenvalue weighted by molar-refractivity contribution is 5.14. The van der Waals surface area contributed by atoms with Crippen LogP contribution in [0.5, 0.6) is 0 Å². The Morgan fingerprint density at radius 2 is 0.846 bits per heavy atom. The van der Waals surface area contributed by atoms with Crippen molar-refractivity contribution in [3.63, 3.8) is 0 Å². The van der Waals surface area contributed by atoms with E-state index in [9.17, 15) is 0 Å². The summed E-state index contributed by atoms with van der Waals surface area (Å²) in [6.45, 7) is 16.5. The molecule has 0 saturated carbocycles. The molecule has 1 aliphatic rings. The number of hydrogen-bond acceptors (Lipinski definition) is 0. The number of allylic oxidation sites excluding steroid dienone is 2. The summed E-state index contributed by atoms with van der Waals surface area (Å²) < 4.78 is 0. The van der Waals surface area contributed by atoms with Crippen molar-refractivity contribution in [1.29, 1.82) is 0 Å². The zero-order valence-electron chi connectivity index (χ0n) is 11.1. The van der Waals surface area contributed by atoms with Crippen molar-refractivity contribution in [1.82, 2.24) is 0 Å². The molecule has 13 heavy (non-hydrogen) atoms. The lowest BCUT2D eigenvalue weighted by Crippen LogP contribution is -1.66. The monoisotopic (exact) mass is 186 g/mol. The molecule has 0 spiro atoms. The highest BCUT2D eigenvalue weighted by Crippen LogP contribution is 2.23. The summed E-state index contributed by atoms with van der Waals surface area (Å²) in [5.41, 5.74) is 3.25. The number of hydrogen-bond donors (Lipinski definition) is 0. The molecule has 0 aromatic rings. The van der Waals surface area contributed by atoms with Crippen molar-refractivity contribution < 1.29 is 0 Å². The van der Waals surface area contributed by atoms with Gasteiger partial charge in [-0.3, -0.25) is 0 Å². The summed E-state index contributed by atoms with van der Waals surface area (Å²) in [7, 11) is 0. The minimum Gasteiger partial charge on any atom is -0.0744 e. The predicted molar refractivity (Wildman–Crippen MR) is 66.3 cm³/mol. The van der Waals surface area contributed by atoms with Crippen LogP contribution in [0.3, 0.4) is 0 Å². The number of rotatable bonds is 0. The van der Waals surface area contributed by atoms with Crippen LogP contribution in [0.1, 0.15) is 74.7 Å². The summed E-state index contributed by atoms with van der Waals surface area (Å²) in [5.74, 6) is 0. The summed E-state index contributed by atoms with van der Waals surface area (Å²) >= 11 is 0. The first-order chi connectivity index (χ1) is 6.30. The van der Waals surface area contributed by atoms with E-state index in [0.717, 1.165) is 0 Å². The fourth-order valence-electron chi connectivity index (χ4n) is 1.05. The molecule has 82 valence electrons. The van der Waals surface area contributed by atoms with E-state index < -0.39 is 0 Å². The Morgan fingerprint density at radius 3 is 0.923 bits per heavy atom. The van der Waals surface area contributed by atoms with Crippen molar-refractivity contribution in [2.45, 2.75) is 74.7 Å². The van der Waals surface area contributed by atoms with Crippen LogP contribution in [-0.2, 0) is 0 Å². The van der Waals surface area contributed by atoms with E-state index in [4.69, 9.17) is 0 Å². The van der Waals surface area contributed by atoms with Crippen molar-refractivity contribution >= 4 is 0 Å². The van der Waals surface area contributed by atoms with Crippen molar-refractivity contribution in [3.8, 4) is 0 Å². The van der Waals surface area contributed by atoms with Gasteiger partial charge in [-0.05, 0) is 33.1 Å². The molecule has 1 aliphatic carbocycles. The average molecular weight is 186 g/mol. The topological polar surface area (TPSA) is 0 Å². The maximum absolute atomic E-state index is 2.24. The summed E-state index contributed by atoms with van der Waals surface area (Å²) in [6, 6.07) is 0. The van der Waals surface area contributed by atoms with E-state index in [1.165, 1.54) is 19.3 Å². The van der Waals surface area contributed by atoms with E-state index in [0.29, 0.717) is 0 Å². The van der Waals surface area contributed by atoms with Crippen LogP contribution in [0.15, 0.2) is 11.1 Å². The second-order valence-electron chi connectivity index (χ2n) is 2.41. The fourth-order valence-corrected chi connectivity index (χ4v) is 1.05. The average Bonchev–Trinajstić information content (AvgIpc) is 2.61. The van der Waals surface area contributed by atoms with Gasteiger partial charge in [0.15, 0.2) is 0 Å². The fraction of sp³-hybridized carbons (Fsp3) is 0.846. The lowest BCUT2D eigenvalue weighted by molar-refractivity contribution is 0.893. The van der Waals surface area contributed by atoms with E-state index in [1.807, 2.05) is 41.5 Å². The highest BCUT2D eigenvalue weighted by atomic mass is 14.1. The molecule has 0 fully saturated rings. The minimum atomic E-state index is 1.35. The molecule has 0 unspecified atom stereocenters. The zero-order valence-corrected chi connectivity index (χ0v) is 11.1. The van der Waals surface area contributed by atoms with Gasteiger partial charge in [-0.25, -0.2) is 0 Å². The Morgan fingerprint density at radius 1 is 0.615 bits per heavy atom. The van der Waals surface area contributed by atoms with Gasteiger partial charge >= 0.3 is 0 Å². The maximum atomic E-state index is 2.24. The zero-order chi connectivity index (χ0) is 11.3. The molecule has 0 saturated heterocycles. The van der Waals surface area contributed by atoms with Gasteiger partial charge in [0.2, 0.25) is 0 Å². The molecular weight excluding hydrogens is 156 g/mol. The van der Waals surface area contributed by atoms with Crippen molar-refractivity contribution in [2.75, 3.05) is 0 Å². The lowest BCUT2D eigenvalue weighted by Gasteiger charge is -1.87. The molecule has 0 heterocycles. The molecule has 0 atom stereocenters. The largest absolute Gasteiger partial charge is 0.0744 e. The summed E-state index contributed by atoms with van der Waals surface area (Å²) in [4.78, 5) is 0. The van der Waals surface area contributed by atoms with Crippen LogP contribution in [0.4, 0.5) is 0 Å². The maximum Gasteiger partial charge on any atom is -0.0317 e. The third-order valence-electron chi connectivity index (χ3n) is 1.83. The molecule has 0 nitrogen and oxygen atoms in total. The second-order valence-corrected chi connectivity index (χ2v) is 2.41. The third kappa shape index (κ3) is 11.7. The highest BCUT2D eigenvalue weighted by Gasteiger charge is 2.03. The SMILES string of the molecule is CC.CC.CC.CC1=C(C)CCC1. The van der Waals surface area contributed by atoms with Gasteiger partial charge in [0.05, 0.1) is 0 Å². The molecular formula is C13H30. The third-order valence-corrected chi connectivity index (χ3v) is 1.83. The van der Waals surface area contributed by atoms with Crippen LogP contribution in [0.2, 0.25) is 0 Å². The molecule has 0 aromatic carbocycles. The molecule has 1 rings (SSSR count). The molecule has 0 aromatic heterocycles. The Hall–Kier alpha value is -0.260. The molecule has 0 heteroatoms. The van der Waals surface area contributed by atoms with Gasteiger partial charge in [-0.15, -0.1) is 0 Å². The van der Waals surface area contributed by atoms with Crippen LogP contribution >= 0.6 is 0 Å². The quantitative estimate of drug-likeness (QED) is 0.433. The van der Waals surface area contributed by atoms with E-state index in [-0.39, 0.29) is 0 Å². The Balaban J connectivity index is -0.000000144. The summed E-state index contributed by atoms with van der Waals surface area (Å²) in [5, 5.41) is 0. The Bertz CT molecular complexity index is 86.6. The van der Waals surface area contributed by atoms with Gasteiger partial charge in [-0.1, -0.05) is 52.7 Å². The molecule has 0 radical (unpaired) electrons. The first-order valence-electron chi connectivity index (χ1n) is 5.96. The first-order valence-corrected chi connectivity index (χ1v) is 5.96. The van der Waals surface area contributed by atoms with Gasteiger partial charge < -0.3 is 0 Å². The normalized spacial score (nSPS) is 12.9. The smallest absolute Gasteiger partial charge is 0.0317 e. The standard InChI is InChI=1S/C7H12.3C2H6/c1-6-4-3-5-7(6)2;3*1-2/h3-5H2,1-2H3;3*1-2H3. The Labute approximate surface area is 86.4 Å². The lowest BCUT2D eigenvalue weighted by atomic mass is 10.2. The van der Waals surface area contributed by atoms with E-state index >= 15 is 0 Å². The van der Waals surface area contributed by atoms with Gasteiger partial charge in [0.1, 0.15) is 0 Å². The van der Waals surface area contributed by atoms with Crippen LogP contribution in [0, 0.1) is 0 Å². The summed E-state index contributed by atoms with van der Waals surface area (Å²) in [6.07, 6.45) is 4.11. The second kappa shape index (κ2) is 17.7. The molecule has 0 N–H and O–H groups in total. The van der Waals surface area contributed by atoms with E-state index in [2.05, 4.69) is 13.8 Å². The van der Waals surface area contributed by atoms with Crippen LogP contribution < -0.4 is 0 Å². The van der Waals surface area contributed by atoms with Gasteiger partial charge in [-0.2, -0.15) is 0 Å². The van der Waals surface area contributed by atoms with E-state index in [1.54, 1.807) is 11.1 Å². The van der Waals surface area contributed by atoms with Crippen LogP contribution in [-0.4, -0.2) is 0 Å². The first kappa shape index (κ1) is 18.5. The predicted octanol–water partition coefficient (Wildman–Crippen LogP) is 5.59. The van der Waals surface area contributed by atoms with Gasteiger partial charge in [0, 0.05) is 0 Å². The van der Waals surface area contributed by atoms with Crippen LogP contribution in [0.25, 0.3) is 0 Å².